The lowest BCUT2D eigenvalue weighted by Crippen LogP contribution is -2.49. The Morgan fingerprint density at radius 1 is 1.00 bits per heavy atom. The molecule has 1 aliphatic rings. The largest absolute Gasteiger partial charge is 0.366 e. The van der Waals surface area contributed by atoms with E-state index in [4.69, 9.17) is 0 Å². The van der Waals surface area contributed by atoms with Crippen molar-refractivity contribution < 1.29 is 9.18 Å². The molecule has 9 heteroatoms. The minimum atomic E-state index is -0.241. The van der Waals surface area contributed by atoms with Gasteiger partial charge in [0.25, 0.3) is 5.56 Å². The van der Waals surface area contributed by atoms with Crippen LogP contribution < -0.4 is 10.5 Å². The third-order valence-electron chi connectivity index (χ3n) is 6.89. The molecule has 2 aromatic carbocycles. The van der Waals surface area contributed by atoms with E-state index < -0.39 is 0 Å². The minimum absolute atomic E-state index is 0.0392. The van der Waals surface area contributed by atoms with Crippen LogP contribution in [0.3, 0.4) is 0 Å². The van der Waals surface area contributed by atoms with Gasteiger partial charge in [-0.25, -0.2) is 4.39 Å². The average Bonchev–Trinajstić information content (AvgIpc) is 3.31. The molecule has 5 rings (SSSR count). The van der Waals surface area contributed by atoms with Gasteiger partial charge in [0.05, 0.1) is 16.6 Å². The Hall–Kier alpha value is -3.75. The number of anilines is 1. The lowest BCUT2D eigenvalue weighted by molar-refractivity contribution is -0.131. The van der Waals surface area contributed by atoms with Crippen LogP contribution in [0.1, 0.15) is 32.5 Å². The quantitative estimate of drug-likeness (QED) is 0.396. The lowest BCUT2D eigenvalue weighted by Gasteiger charge is -2.36. The molecule has 1 amide bonds. The van der Waals surface area contributed by atoms with E-state index >= 15 is 0 Å². The van der Waals surface area contributed by atoms with Crippen molar-refractivity contribution in [3.8, 4) is 0 Å². The second-order valence-corrected chi connectivity index (χ2v) is 9.73. The SMILES string of the molecule is CC(C)CCn1c(=O)c2ccccc2n2c(CCC(=O)N3CCN(c4ccccc4F)CC3)nnc12. The van der Waals surface area contributed by atoms with Crippen molar-refractivity contribution in [3.63, 3.8) is 0 Å². The maximum atomic E-state index is 14.1. The summed E-state index contributed by atoms with van der Waals surface area (Å²) in [7, 11) is 0. The van der Waals surface area contributed by atoms with Crippen LogP contribution in [0.2, 0.25) is 0 Å². The Balaban J connectivity index is 1.33. The topological polar surface area (TPSA) is 75.7 Å². The molecule has 1 saturated heterocycles. The first kappa shape index (κ1) is 24.0. The summed E-state index contributed by atoms with van der Waals surface area (Å²) in [5.74, 6) is 1.42. The van der Waals surface area contributed by atoms with Crippen LogP contribution in [0.4, 0.5) is 10.1 Å². The monoisotopic (exact) mass is 490 g/mol. The molecule has 8 nitrogen and oxygen atoms in total. The number of hydrogen-bond acceptors (Lipinski definition) is 5. The number of piperazine rings is 1. The number of para-hydroxylation sites is 2. The summed E-state index contributed by atoms with van der Waals surface area (Å²) >= 11 is 0. The molecule has 0 radical (unpaired) electrons. The molecule has 3 heterocycles. The van der Waals surface area contributed by atoms with E-state index in [2.05, 4.69) is 24.0 Å². The summed E-state index contributed by atoms with van der Waals surface area (Å²) in [6.07, 6.45) is 1.56. The Bertz CT molecular complexity index is 1450. The highest BCUT2D eigenvalue weighted by Gasteiger charge is 2.24. The predicted molar refractivity (Wildman–Crippen MR) is 138 cm³/mol. The molecule has 2 aromatic heterocycles. The molecule has 0 saturated carbocycles. The van der Waals surface area contributed by atoms with Gasteiger partial charge in [0.1, 0.15) is 11.6 Å². The molecule has 0 unspecified atom stereocenters. The second-order valence-electron chi connectivity index (χ2n) is 9.73. The van der Waals surface area contributed by atoms with E-state index in [0.717, 1.165) is 11.9 Å². The summed E-state index contributed by atoms with van der Waals surface area (Å²) in [5, 5.41) is 9.36. The summed E-state index contributed by atoms with van der Waals surface area (Å²) in [6.45, 7) is 7.09. The standard InChI is InChI=1S/C27H31FN6O2/c1-19(2)13-14-33-26(36)20-7-3-5-9-22(20)34-24(29-30-27(33)34)11-12-25(35)32-17-15-31(16-18-32)23-10-6-4-8-21(23)28/h3-10,19H,11-18H2,1-2H3. The van der Waals surface area contributed by atoms with Crippen LogP contribution in [0, 0.1) is 11.7 Å². The van der Waals surface area contributed by atoms with Crippen LogP contribution >= 0.6 is 0 Å². The molecule has 0 atom stereocenters. The Morgan fingerprint density at radius 2 is 1.72 bits per heavy atom. The fraction of sp³-hybridized carbons (Fsp3) is 0.407. The summed E-state index contributed by atoms with van der Waals surface area (Å²) in [4.78, 5) is 30.0. The minimum Gasteiger partial charge on any atom is -0.366 e. The van der Waals surface area contributed by atoms with E-state index in [9.17, 15) is 14.0 Å². The van der Waals surface area contributed by atoms with Gasteiger partial charge in [0.2, 0.25) is 11.7 Å². The van der Waals surface area contributed by atoms with Crippen LogP contribution in [0.5, 0.6) is 0 Å². The number of fused-ring (bicyclic) bond motifs is 3. The van der Waals surface area contributed by atoms with Gasteiger partial charge in [0.15, 0.2) is 0 Å². The van der Waals surface area contributed by atoms with Crippen molar-refractivity contribution in [2.75, 3.05) is 31.1 Å². The number of hydrogen-bond donors (Lipinski definition) is 0. The number of rotatable bonds is 7. The lowest BCUT2D eigenvalue weighted by atomic mass is 10.1. The number of aryl methyl sites for hydroxylation is 2. The van der Waals surface area contributed by atoms with Crippen molar-refractivity contribution in [1.82, 2.24) is 24.1 Å². The third kappa shape index (κ3) is 4.57. The number of carbonyl (C=O) groups is 1. The summed E-state index contributed by atoms with van der Waals surface area (Å²) in [5.41, 5.74) is 1.26. The Kier molecular flexibility index (Phi) is 6.71. The van der Waals surface area contributed by atoms with Crippen molar-refractivity contribution in [3.05, 3.63) is 70.5 Å². The summed E-state index contributed by atoms with van der Waals surface area (Å²) < 4.78 is 17.7. The van der Waals surface area contributed by atoms with Crippen LogP contribution in [0.15, 0.2) is 53.3 Å². The zero-order valence-electron chi connectivity index (χ0n) is 20.7. The number of nitrogens with zero attached hydrogens (tertiary/aromatic N) is 6. The average molecular weight is 491 g/mol. The first-order valence-electron chi connectivity index (χ1n) is 12.6. The Morgan fingerprint density at radius 3 is 2.47 bits per heavy atom. The van der Waals surface area contributed by atoms with E-state index in [-0.39, 0.29) is 17.3 Å². The predicted octanol–water partition coefficient (Wildman–Crippen LogP) is 3.51. The number of amides is 1. The molecule has 36 heavy (non-hydrogen) atoms. The summed E-state index contributed by atoms with van der Waals surface area (Å²) in [6, 6.07) is 14.2. The Labute approximate surface area is 209 Å². The van der Waals surface area contributed by atoms with Gasteiger partial charge in [-0.2, -0.15) is 0 Å². The molecule has 1 aliphatic heterocycles. The van der Waals surface area contributed by atoms with E-state index in [1.807, 2.05) is 44.5 Å². The second kappa shape index (κ2) is 10.1. The van der Waals surface area contributed by atoms with Crippen molar-refractivity contribution in [2.24, 2.45) is 5.92 Å². The third-order valence-corrected chi connectivity index (χ3v) is 6.89. The van der Waals surface area contributed by atoms with Gasteiger partial charge in [-0.05, 0) is 36.6 Å². The zero-order valence-corrected chi connectivity index (χ0v) is 20.7. The fourth-order valence-corrected chi connectivity index (χ4v) is 4.85. The van der Waals surface area contributed by atoms with Crippen LogP contribution in [-0.4, -0.2) is 56.2 Å². The zero-order chi connectivity index (χ0) is 25.2. The first-order valence-corrected chi connectivity index (χ1v) is 12.6. The molecule has 0 bridgehead atoms. The number of benzene rings is 2. The molecule has 4 aromatic rings. The normalized spacial score (nSPS) is 14.3. The highest BCUT2D eigenvalue weighted by atomic mass is 19.1. The highest BCUT2D eigenvalue weighted by molar-refractivity contribution is 5.80. The van der Waals surface area contributed by atoms with Gasteiger partial charge in [-0.15, -0.1) is 10.2 Å². The molecule has 0 N–H and O–H groups in total. The van der Waals surface area contributed by atoms with Crippen molar-refractivity contribution in [2.45, 2.75) is 39.7 Å². The number of carbonyl (C=O) groups excluding carboxylic acids is 1. The maximum absolute atomic E-state index is 14.1. The van der Waals surface area contributed by atoms with Gasteiger partial charge in [0, 0.05) is 45.6 Å². The fourth-order valence-electron chi connectivity index (χ4n) is 4.85. The van der Waals surface area contributed by atoms with Gasteiger partial charge >= 0.3 is 0 Å². The van der Waals surface area contributed by atoms with E-state index in [1.54, 1.807) is 16.7 Å². The molecule has 188 valence electrons. The smallest absolute Gasteiger partial charge is 0.262 e. The number of halogens is 1. The van der Waals surface area contributed by atoms with E-state index in [0.29, 0.717) is 74.2 Å². The molecule has 1 fully saturated rings. The van der Waals surface area contributed by atoms with Crippen molar-refractivity contribution in [1.29, 1.82) is 0 Å². The van der Waals surface area contributed by atoms with Gasteiger partial charge in [-0.1, -0.05) is 38.1 Å². The molecule has 0 aliphatic carbocycles. The maximum Gasteiger partial charge on any atom is 0.262 e. The van der Waals surface area contributed by atoms with E-state index in [1.165, 1.54) is 6.07 Å². The van der Waals surface area contributed by atoms with Crippen molar-refractivity contribution >= 4 is 28.3 Å². The highest BCUT2D eigenvalue weighted by Crippen LogP contribution is 2.21. The first-order chi connectivity index (χ1) is 17.4. The number of aromatic nitrogens is 4. The van der Waals surface area contributed by atoms with Crippen LogP contribution in [-0.2, 0) is 17.8 Å². The molecular formula is C27H31FN6O2. The van der Waals surface area contributed by atoms with Gasteiger partial charge < -0.3 is 9.80 Å². The van der Waals surface area contributed by atoms with Crippen LogP contribution in [0.25, 0.3) is 16.7 Å². The molecule has 0 spiro atoms. The van der Waals surface area contributed by atoms with Gasteiger partial charge in [-0.3, -0.25) is 18.6 Å². The molecular weight excluding hydrogens is 459 g/mol.